The third-order valence-electron chi connectivity index (χ3n) is 3.38. The summed E-state index contributed by atoms with van der Waals surface area (Å²) >= 11 is 3.37. The summed E-state index contributed by atoms with van der Waals surface area (Å²) in [5.74, 6) is -0.577. The van der Waals surface area contributed by atoms with Crippen molar-refractivity contribution in [1.82, 2.24) is 9.78 Å². The number of nitrogens with zero attached hydrogens (tertiary/aromatic N) is 2. The standard InChI is InChI=1S/C15H17BrN2O2/c1-8(2)10-6-5-9(3)11(7-10)13-12(16)14(15(19)20)18(4)17-13/h5-8H,1-4H3,(H,19,20). The largest absolute Gasteiger partial charge is 0.476 e. The summed E-state index contributed by atoms with van der Waals surface area (Å²) in [4.78, 5) is 11.3. The van der Waals surface area contributed by atoms with E-state index in [1.54, 1.807) is 7.05 Å². The summed E-state index contributed by atoms with van der Waals surface area (Å²) in [5, 5.41) is 13.6. The van der Waals surface area contributed by atoms with Crippen LogP contribution >= 0.6 is 15.9 Å². The van der Waals surface area contributed by atoms with E-state index in [2.05, 4.69) is 47.0 Å². The Labute approximate surface area is 126 Å². The van der Waals surface area contributed by atoms with E-state index in [1.165, 1.54) is 10.2 Å². The smallest absolute Gasteiger partial charge is 0.355 e. The van der Waals surface area contributed by atoms with E-state index < -0.39 is 5.97 Å². The maximum absolute atomic E-state index is 11.3. The molecule has 0 spiro atoms. The molecule has 106 valence electrons. The lowest BCUT2D eigenvalue weighted by atomic mass is 9.96. The van der Waals surface area contributed by atoms with Gasteiger partial charge in [0.2, 0.25) is 0 Å². The number of benzene rings is 1. The Bertz CT molecular complexity index is 675. The van der Waals surface area contributed by atoms with Crippen LogP contribution in [0.2, 0.25) is 0 Å². The Morgan fingerprint density at radius 3 is 2.55 bits per heavy atom. The average Bonchev–Trinajstić information content (AvgIpc) is 2.64. The molecule has 0 fully saturated rings. The van der Waals surface area contributed by atoms with Crippen LogP contribution in [0, 0.1) is 6.92 Å². The lowest BCUT2D eigenvalue weighted by Crippen LogP contribution is -2.05. The molecular formula is C15H17BrN2O2. The average molecular weight is 337 g/mol. The van der Waals surface area contributed by atoms with Gasteiger partial charge in [0.1, 0.15) is 5.69 Å². The molecule has 0 radical (unpaired) electrons. The highest BCUT2D eigenvalue weighted by molar-refractivity contribution is 9.10. The Morgan fingerprint density at radius 2 is 2.05 bits per heavy atom. The molecule has 5 heteroatoms. The van der Waals surface area contributed by atoms with Crippen molar-refractivity contribution < 1.29 is 9.90 Å². The number of aromatic carboxylic acids is 1. The van der Waals surface area contributed by atoms with Crippen LogP contribution in [0.5, 0.6) is 0 Å². The van der Waals surface area contributed by atoms with E-state index in [4.69, 9.17) is 0 Å². The molecule has 0 aliphatic heterocycles. The van der Waals surface area contributed by atoms with Gasteiger partial charge in [0, 0.05) is 12.6 Å². The molecule has 1 heterocycles. The Kier molecular flexibility index (Phi) is 3.99. The lowest BCUT2D eigenvalue weighted by molar-refractivity contribution is 0.0684. The number of aryl methyl sites for hydroxylation is 2. The third kappa shape index (κ3) is 2.50. The van der Waals surface area contributed by atoms with Crippen molar-refractivity contribution >= 4 is 21.9 Å². The SMILES string of the molecule is Cc1ccc(C(C)C)cc1-c1nn(C)c(C(=O)O)c1Br. The van der Waals surface area contributed by atoms with Gasteiger partial charge < -0.3 is 5.11 Å². The van der Waals surface area contributed by atoms with Gasteiger partial charge in [0.25, 0.3) is 0 Å². The summed E-state index contributed by atoms with van der Waals surface area (Å²) in [6.07, 6.45) is 0. The molecule has 0 aliphatic carbocycles. The predicted molar refractivity (Wildman–Crippen MR) is 82.1 cm³/mol. The zero-order valence-electron chi connectivity index (χ0n) is 11.9. The van der Waals surface area contributed by atoms with Gasteiger partial charge >= 0.3 is 5.97 Å². The number of rotatable bonds is 3. The molecule has 0 amide bonds. The maximum atomic E-state index is 11.3. The second kappa shape index (κ2) is 5.40. The van der Waals surface area contributed by atoms with Gasteiger partial charge in [0.15, 0.2) is 5.69 Å². The fourth-order valence-corrected chi connectivity index (χ4v) is 2.88. The normalized spacial score (nSPS) is 11.1. The molecule has 1 aromatic heterocycles. The zero-order valence-corrected chi connectivity index (χ0v) is 13.5. The van der Waals surface area contributed by atoms with Gasteiger partial charge in [-0.1, -0.05) is 26.0 Å². The molecular weight excluding hydrogens is 320 g/mol. The minimum atomic E-state index is -0.990. The van der Waals surface area contributed by atoms with Gasteiger partial charge in [-0.05, 0) is 46.0 Å². The highest BCUT2D eigenvalue weighted by Crippen LogP contribution is 2.33. The number of carboxylic acids is 1. The fraction of sp³-hybridized carbons (Fsp3) is 0.333. The van der Waals surface area contributed by atoms with Crippen molar-refractivity contribution in [2.24, 2.45) is 7.05 Å². The van der Waals surface area contributed by atoms with Gasteiger partial charge in [-0.25, -0.2) is 4.79 Å². The van der Waals surface area contributed by atoms with Crippen LogP contribution in [-0.4, -0.2) is 20.9 Å². The van der Waals surface area contributed by atoms with Crippen LogP contribution in [0.4, 0.5) is 0 Å². The molecule has 4 nitrogen and oxygen atoms in total. The molecule has 0 saturated heterocycles. The van der Waals surface area contributed by atoms with Crippen LogP contribution in [0.15, 0.2) is 22.7 Å². The summed E-state index contributed by atoms with van der Waals surface area (Å²) in [5.41, 5.74) is 4.08. The van der Waals surface area contributed by atoms with Crippen molar-refractivity contribution in [2.45, 2.75) is 26.7 Å². The second-order valence-electron chi connectivity index (χ2n) is 5.17. The van der Waals surface area contributed by atoms with Crippen LogP contribution in [0.25, 0.3) is 11.3 Å². The number of hydrogen-bond acceptors (Lipinski definition) is 2. The molecule has 2 aromatic rings. The van der Waals surface area contributed by atoms with Gasteiger partial charge in [0.05, 0.1) is 4.47 Å². The first-order valence-electron chi connectivity index (χ1n) is 6.39. The van der Waals surface area contributed by atoms with Crippen LogP contribution in [-0.2, 0) is 7.05 Å². The maximum Gasteiger partial charge on any atom is 0.355 e. The van der Waals surface area contributed by atoms with Gasteiger partial charge in [-0.3, -0.25) is 4.68 Å². The summed E-state index contributed by atoms with van der Waals surface area (Å²) in [6, 6.07) is 6.23. The molecule has 1 aromatic carbocycles. The monoisotopic (exact) mass is 336 g/mol. The fourth-order valence-electron chi connectivity index (χ4n) is 2.16. The summed E-state index contributed by atoms with van der Waals surface area (Å²) in [6.45, 7) is 6.26. The van der Waals surface area contributed by atoms with E-state index in [0.29, 0.717) is 16.1 Å². The first-order valence-corrected chi connectivity index (χ1v) is 7.19. The Hall–Kier alpha value is -1.62. The molecule has 0 aliphatic rings. The Balaban J connectivity index is 2.66. The molecule has 20 heavy (non-hydrogen) atoms. The molecule has 0 bridgehead atoms. The van der Waals surface area contributed by atoms with Crippen molar-refractivity contribution in [3.63, 3.8) is 0 Å². The highest BCUT2D eigenvalue weighted by atomic mass is 79.9. The molecule has 1 N–H and O–H groups in total. The van der Waals surface area contributed by atoms with Crippen molar-refractivity contribution in [1.29, 1.82) is 0 Å². The first kappa shape index (κ1) is 14.8. The summed E-state index contributed by atoms with van der Waals surface area (Å²) in [7, 11) is 1.64. The number of carboxylic acid groups (broad SMARTS) is 1. The van der Waals surface area contributed by atoms with E-state index in [0.717, 1.165) is 11.1 Å². The van der Waals surface area contributed by atoms with E-state index in [9.17, 15) is 9.90 Å². The first-order chi connectivity index (χ1) is 9.32. The number of aromatic nitrogens is 2. The molecule has 0 atom stereocenters. The molecule has 0 unspecified atom stereocenters. The van der Waals surface area contributed by atoms with Crippen LogP contribution in [0.3, 0.4) is 0 Å². The van der Waals surface area contributed by atoms with E-state index in [-0.39, 0.29) is 5.69 Å². The lowest BCUT2D eigenvalue weighted by Gasteiger charge is -2.10. The number of hydrogen-bond donors (Lipinski definition) is 1. The van der Waals surface area contributed by atoms with Crippen molar-refractivity contribution in [3.05, 3.63) is 39.5 Å². The van der Waals surface area contributed by atoms with Gasteiger partial charge in [-0.15, -0.1) is 0 Å². The van der Waals surface area contributed by atoms with Crippen molar-refractivity contribution in [3.8, 4) is 11.3 Å². The van der Waals surface area contributed by atoms with Crippen LogP contribution < -0.4 is 0 Å². The minimum Gasteiger partial charge on any atom is -0.476 e. The molecule has 0 saturated carbocycles. The third-order valence-corrected chi connectivity index (χ3v) is 4.13. The second-order valence-corrected chi connectivity index (χ2v) is 5.96. The van der Waals surface area contributed by atoms with E-state index in [1.807, 2.05) is 13.0 Å². The van der Waals surface area contributed by atoms with Crippen LogP contribution in [0.1, 0.15) is 41.4 Å². The van der Waals surface area contributed by atoms with Crippen molar-refractivity contribution in [2.75, 3.05) is 0 Å². The highest BCUT2D eigenvalue weighted by Gasteiger charge is 2.21. The quantitative estimate of drug-likeness (QED) is 0.922. The van der Waals surface area contributed by atoms with Gasteiger partial charge in [-0.2, -0.15) is 5.10 Å². The number of halogens is 1. The number of carbonyl (C=O) groups is 1. The summed E-state index contributed by atoms with van der Waals surface area (Å²) < 4.78 is 1.92. The zero-order chi connectivity index (χ0) is 15.0. The minimum absolute atomic E-state index is 0.161. The predicted octanol–water partition coefficient (Wildman–Crippen LogP) is 3.98. The molecule has 2 rings (SSSR count). The Morgan fingerprint density at radius 1 is 1.40 bits per heavy atom. The van der Waals surface area contributed by atoms with E-state index >= 15 is 0 Å². The topological polar surface area (TPSA) is 55.1 Å².